The van der Waals surface area contributed by atoms with E-state index in [1.165, 1.54) is 0 Å². The van der Waals surface area contributed by atoms with Crippen LogP contribution in [0.25, 0.3) is 33.5 Å². The number of aromatic amines is 2. The molecule has 2 aromatic heterocycles. The minimum atomic E-state index is -4.11. The van der Waals surface area contributed by atoms with Gasteiger partial charge in [0.15, 0.2) is 5.82 Å². The molecule has 1 aliphatic rings. The Hall–Kier alpha value is -2.74. The van der Waals surface area contributed by atoms with Gasteiger partial charge >= 0.3 is 6.18 Å². The highest BCUT2D eigenvalue weighted by molar-refractivity contribution is 6.31. The summed E-state index contributed by atoms with van der Waals surface area (Å²) in [5.74, 6) is -0.579. The van der Waals surface area contributed by atoms with Crippen LogP contribution in [-0.2, 0) is 0 Å². The molecule has 4 aromatic rings. The lowest BCUT2D eigenvalue weighted by Gasteiger charge is -2.34. The average molecular weight is 420 g/mol. The Morgan fingerprint density at radius 1 is 1.03 bits per heavy atom. The summed E-state index contributed by atoms with van der Waals surface area (Å²) in [7, 11) is 0. The highest BCUT2D eigenvalue weighted by Gasteiger charge is 2.41. The van der Waals surface area contributed by atoms with Gasteiger partial charge in [0, 0.05) is 29.2 Å². The van der Waals surface area contributed by atoms with Gasteiger partial charge in [0.25, 0.3) is 0 Å². The van der Waals surface area contributed by atoms with E-state index in [9.17, 15) is 13.2 Å². The summed E-state index contributed by atoms with van der Waals surface area (Å²) in [4.78, 5) is 9.90. The molecule has 0 amide bonds. The first-order valence-electron chi connectivity index (χ1n) is 9.34. The molecule has 3 heterocycles. The Kier molecular flexibility index (Phi) is 4.20. The van der Waals surface area contributed by atoms with Crippen LogP contribution in [0.2, 0.25) is 5.02 Å². The number of halogens is 4. The Balaban J connectivity index is 1.43. The normalized spacial score (nSPS) is 16.2. The van der Waals surface area contributed by atoms with Crippen LogP contribution in [-0.4, -0.2) is 39.4 Å². The molecule has 150 valence electrons. The highest BCUT2D eigenvalue weighted by atomic mass is 35.5. The molecular weight excluding hydrogens is 403 g/mol. The van der Waals surface area contributed by atoms with Gasteiger partial charge in [-0.05, 0) is 49.2 Å². The van der Waals surface area contributed by atoms with Gasteiger partial charge in [-0.3, -0.25) is 5.10 Å². The quantitative estimate of drug-likeness (QED) is 0.448. The third-order valence-corrected chi connectivity index (χ3v) is 5.77. The number of benzene rings is 2. The minimum absolute atomic E-state index is 0.123. The van der Waals surface area contributed by atoms with Crippen LogP contribution in [0.3, 0.4) is 0 Å². The number of nitrogens with zero attached hydrogens (tertiary/aromatic N) is 3. The van der Waals surface area contributed by atoms with Crippen molar-refractivity contribution >= 4 is 39.2 Å². The van der Waals surface area contributed by atoms with E-state index in [4.69, 9.17) is 11.6 Å². The second-order valence-electron chi connectivity index (χ2n) is 7.35. The van der Waals surface area contributed by atoms with Gasteiger partial charge in [0.05, 0.1) is 22.5 Å². The highest BCUT2D eigenvalue weighted by Crippen LogP contribution is 2.36. The Morgan fingerprint density at radius 3 is 2.59 bits per heavy atom. The van der Waals surface area contributed by atoms with Gasteiger partial charge in [-0.25, -0.2) is 4.98 Å². The fourth-order valence-electron chi connectivity index (χ4n) is 3.94. The Morgan fingerprint density at radius 2 is 1.83 bits per heavy atom. The number of alkyl halides is 3. The van der Waals surface area contributed by atoms with Gasteiger partial charge in [0.1, 0.15) is 5.69 Å². The van der Waals surface area contributed by atoms with E-state index in [2.05, 4.69) is 20.2 Å². The molecule has 1 aliphatic heterocycles. The predicted molar refractivity (Wildman–Crippen MR) is 107 cm³/mol. The van der Waals surface area contributed by atoms with E-state index >= 15 is 0 Å². The number of imidazole rings is 1. The topological polar surface area (TPSA) is 60.6 Å². The number of hydrogen-bond donors (Lipinski definition) is 2. The number of aromatic nitrogens is 4. The molecule has 9 heteroatoms. The fraction of sp³-hybridized carbons (Fsp3) is 0.300. The zero-order valence-corrected chi connectivity index (χ0v) is 16.0. The number of H-pyrrole nitrogens is 2. The lowest BCUT2D eigenvalue weighted by molar-refractivity contribution is -0.179. The van der Waals surface area contributed by atoms with Crippen LogP contribution >= 0.6 is 11.6 Å². The molecule has 1 saturated heterocycles. The minimum Gasteiger partial charge on any atom is -0.371 e. The first-order chi connectivity index (χ1) is 13.9. The number of rotatable bonds is 2. The molecule has 2 N–H and O–H groups in total. The summed E-state index contributed by atoms with van der Waals surface area (Å²) in [5, 5.41) is 8.83. The van der Waals surface area contributed by atoms with Crippen LogP contribution in [0.15, 0.2) is 36.4 Å². The van der Waals surface area contributed by atoms with Crippen molar-refractivity contribution in [3.8, 4) is 11.5 Å². The van der Waals surface area contributed by atoms with Crippen molar-refractivity contribution in [1.29, 1.82) is 0 Å². The zero-order valence-electron chi connectivity index (χ0n) is 15.2. The molecule has 0 aliphatic carbocycles. The van der Waals surface area contributed by atoms with Gasteiger partial charge in [-0.15, -0.1) is 0 Å². The second kappa shape index (κ2) is 6.66. The summed E-state index contributed by atoms with van der Waals surface area (Å²) in [6.45, 7) is 0.781. The molecular formula is C20H17ClF3N5. The van der Waals surface area contributed by atoms with E-state index in [1.54, 1.807) is 12.1 Å². The summed E-state index contributed by atoms with van der Waals surface area (Å²) in [5.41, 5.74) is 4.01. The van der Waals surface area contributed by atoms with E-state index < -0.39 is 12.1 Å². The molecule has 0 spiro atoms. The van der Waals surface area contributed by atoms with Crippen molar-refractivity contribution in [2.45, 2.75) is 19.0 Å². The lowest BCUT2D eigenvalue weighted by atomic mass is 9.96. The maximum atomic E-state index is 12.9. The number of piperidine rings is 1. The maximum Gasteiger partial charge on any atom is 0.391 e. The van der Waals surface area contributed by atoms with Gasteiger partial charge in [-0.1, -0.05) is 11.6 Å². The van der Waals surface area contributed by atoms with Crippen molar-refractivity contribution in [3.63, 3.8) is 0 Å². The number of nitrogens with one attached hydrogen (secondary N) is 2. The summed E-state index contributed by atoms with van der Waals surface area (Å²) in [6.07, 6.45) is -3.86. The molecule has 0 saturated carbocycles. The summed E-state index contributed by atoms with van der Waals surface area (Å²) < 4.78 is 38.7. The van der Waals surface area contributed by atoms with E-state index in [0.717, 1.165) is 27.6 Å². The fourth-order valence-corrected chi connectivity index (χ4v) is 4.12. The predicted octanol–water partition coefficient (Wildman–Crippen LogP) is 5.54. The van der Waals surface area contributed by atoms with Crippen molar-refractivity contribution in [3.05, 3.63) is 41.4 Å². The first-order valence-corrected chi connectivity index (χ1v) is 9.72. The molecule has 0 radical (unpaired) electrons. The Bertz CT molecular complexity index is 1190. The standard InChI is InChI=1S/C20H17ClF3N5/c21-12-1-3-14-16(9-12)27-28-18(14)19-25-15-4-2-13(10-17(15)26-19)29-7-5-11(6-8-29)20(22,23)24/h1-4,9-11H,5-8H2,(H,25,26)(H,27,28). The van der Waals surface area contributed by atoms with Crippen LogP contribution in [0.4, 0.5) is 18.9 Å². The van der Waals surface area contributed by atoms with Crippen LogP contribution in [0.1, 0.15) is 12.8 Å². The maximum absolute atomic E-state index is 12.9. The van der Waals surface area contributed by atoms with Crippen LogP contribution < -0.4 is 4.90 Å². The van der Waals surface area contributed by atoms with E-state index in [1.807, 2.05) is 29.2 Å². The van der Waals surface area contributed by atoms with Crippen molar-refractivity contribution < 1.29 is 13.2 Å². The van der Waals surface area contributed by atoms with Gasteiger partial charge in [-0.2, -0.15) is 18.3 Å². The number of anilines is 1. The molecule has 0 atom stereocenters. The van der Waals surface area contributed by atoms with E-state index in [-0.39, 0.29) is 12.8 Å². The van der Waals surface area contributed by atoms with E-state index in [0.29, 0.717) is 29.6 Å². The number of fused-ring (bicyclic) bond motifs is 2. The molecule has 29 heavy (non-hydrogen) atoms. The lowest BCUT2D eigenvalue weighted by Crippen LogP contribution is -2.38. The molecule has 1 fully saturated rings. The van der Waals surface area contributed by atoms with Gasteiger partial charge < -0.3 is 9.88 Å². The largest absolute Gasteiger partial charge is 0.391 e. The first kappa shape index (κ1) is 18.3. The summed E-state index contributed by atoms with van der Waals surface area (Å²) in [6, 6.07) is 11.2. The third kappa shape index (κ3) is 3.31. The monoisotopic (exact) mass is 419 g/mol. The summed E-state index contributed by atoms with van der Waals surface area (Å²) >= 11 is 6.03. The van der Waals surface area contributed by atoms with Crippen LogP contribution in [0, 0.1) is 5.92 Å². The SMILES string of the molecule is FC(F)(F)C1CCN(c2ccc3nc(-c4n[nH]c5cc(Cl)ccc45)[nH]c3c2)CC1. The van der Waals surface area contributed by atoms with Crippen molar-refractivity contribution in [2.75, 3.05) is 18.0 Å². The molecule has 5 nitrogen and oxygen atoms in total. The van der Waals surface area contributed by atoms with Crippen LogP contribution in [0.5, 0.6) is 0 Å². The third-order valence-electron chi connectivity index (χ3n) is 5.54. The van der Waals surface area contributed by atoms with Gasteiger partial charge in [0.2, 0.25) is 0 Å². The zero-order chi connectivity index (χ0) is 20.2. The van der Waals surface area contributed by atoms with Crippen molar-refractivity contribution in [2.24, 2.45) is 5.92 Å². The molecule has 2 aromatic carbocycles. The smallest absolute Gasteiger partial charge is 0.371 e. The molecule has 0 bridgehead atoms. The molecule has 5 rings (SSSR count). The second-order valence-corrected chi connectivity index (χ2v) is 7.79. The molecule has 0 unspecified atom stereocenters. The van der Waals surface area contributed by atoms with Crippen molar-refractivity contribution in [1.82, 2.24) is 20.2 Å². The number of hydrogen-bond acceptors (Lipinski definition) is 3. The Labute approximate surface area is 168 Å². The average Bonchev–Trinajstić information content (AvgIpc) is 3.29.